The highest BCUT2D eigenvalue weighted by molar-refractivity contribution is 5.87. The summed E-state index contributed by atoms with van der Waals surface area (Å²) < 4.78 is 117. The molecule has 6 unspecified atom stereocenters. The number of carbonyl (C=O) groups is 1. The van der Waals surface area contributed by atoms with Gasteiger partial charge in [-0.15, -0.1) is 0 Å². The Bertz CT molecular complexity index is 1200. The topological polar surface area (TPSA) is 37.3 Å². The highest BCUT2D eigenvalue weighted by atomic mass is 19.4. The van der Waals surface area contributed by atoms with Crippen LogP contribution >= 0.6 is 0 Å². The number of fused-ring (bicyclic) bond motifs is 5. The molecule has 1 aromatic rings. The molecule has 2 saturated carbocycles. The average Bonchev–Trinajstić information content (AvgIpc) is 3.26. The van der Waals surface area contributed by atoms with Crippen LogP contribution in [0.3, 0.4) is 0 Å². The number of hydrogen-bond acceptors (Lipinski definition) is 2. The van der Waals surface area contributed by atoms with Crippen molar-refractivity contribution < 1.29 is 49.4 Å². The minimum Gasteiger partial charge on any atom is -0.508 e. The molecule has 4 rings (SSSR count). The van der Waals surface area contributed by atoms with Gasteiger partial charge in [-0.3, -0.25) is 4.79 Å². The number of rotatable bonds is 15. The van der Waals surface area contributed by atoms with Gasteiger partial charge in [0.05, 0.1) is 0 Å². The first-order valence-corrected chi connectivity index (χ1v) is 16.9. The smallest absolute Gasteiger partial charge is 0.460 e. The Morgan fingerprint density at radius 1 is 0.848 bits per heavy atom. The summed E-state index contributed by atoms with van der Waals surface area (Å²) >= 11 is 0. The van der Waals surface area contributed by atoms with E-state index in [0.717, 1.165) is 70.6 Å². The Morgan fingerprint density at radius 3 is 2.15 bits per heavy atom. The van der Waals surface area contributed by atoms with Crippen LogP contribution in [0.5, 0.6) is 5.75 Å². The summed E-state index contributed by atoms with van der Waals surface area (Å²) in [4.78, 5) is 13.0. The normalized spacial score (nSPS) is 27.7. The molecule has 0 radical (unpaired) electrons. The highest BCUT2D eigenvalue weighted by Gasteiger charge is 2.81. The van der Waals surface area contributed by atoms with Gasteiger partial charge in [-0.2, -0.15) is 39.5 Å². The van der Waals surface area contributed by atoms with Gasteiger partial charge in [-0.1, -0.05) is 71.3 Å². The second kappa shape index (κ2) is 13.9. The minimum atomic E-state index is -6.82. The summed E-state index contributed by atoms with van der Waals surface area (Å²) in [5.41, 5.74) is 2.32. The number of Topliss-reactive ketones (excluding diaryl/α,β-unsaturated/α-hetero) is 1. The van der Waals surface area contributed by atoms with Gasteiger partial charge in [0.2, 0.25) is 0 Å². The van der Waals surface area contributed by atoms with Crippen molar-refractivity contribution in [2.75, 3.05) is 0 Å². The maximum Gasteiger partial charge on any atom is 0.460 e. The van der Waals surface area contributed by atoms with Crippen LogP contribution in [-0.2, 0) is 11.2 Å². The quantitative estimate of drug-likeness (QED) is 0.149. The molecular weight excluding hydrogens is 623 g/mol. The van der Waals surface area contributed by atoms with Gasteiger partial charge >= 0.3 is 23.9 Å². The third-order valence-electron chi connectivity index (χ3n) is 11.5. The first kappa shape index (κ1) is 36.9. The molecule has 0 aliphatic heterocycles. The molecule has 2 fully saturated rings. The SMILES string of the molecule is CC(CCCCCCCCC1CC2(C)C(=O)CCC2C2CCc3cc(O)ccc3C12)CCCC(F)(F)C(F)(F)C(F)(F)C(F)(F)F. The van der Waals surface area contributed by atoms with Gasteiger partial charge in [0.15, 0.2) is 0 Å². The van der Waals surface area contributed by atoms with E-state index in [9.17, 15) is 49.4 Å². The summed E-state index contributed by atoms with van der Waals surface area (Å²) in [6, 6.07) is 5.76. The molecule has 0 heterocycles. The molecule has 1 aromatic carbocycles. The highest BCUT2D eigenvalue weighted by Crippen LogP contribution is 2.62. The van der Waals surface area contributed by atoms with Crippen molar-refractivity contribution in [1.29, 1.82) is 0 Å². The first-order chi connectivity index (χ1) is 21.3. The predicted molar refractivity (Wildman–Crippen MR) is 157 cm³/mol. The van der Waals surface area contributed by atoms with Gasteiger partial charge in [0, 0.05) is 18.3 Å². The second-order valence-electron chi connectivity index (χ2n) is 14.6. The zero-order valence-electron chi connectivity index (χ0n) is 26.7. The largest absolute Gasteiger partial charge is 0.508 e. The molecule has 2 nitrogen and oxygen atoms in total. The second-order valence-corrected chi connectivity index (χ2v) is 14.6. The van der Waals surface area contributed by atoms with E-state index < -0.39 is 36.8 Å². The zero-order valence-corrected chi connectivity index (χ0v) is 26.7. The minimum absolute atomic E-state index is 0.0256. The van der Waals surface area contributed by atoms with Crippen molar-refractivity contribution in [3.05, 3.63) is 29.3 Å². The molecule has 0 aromatic heterocycles. The number of aryl methyl sites for hydroxylation is 1. The summed E-state index contributed by atoms with van der Waals surface area (Å²) in [6.07, 6.45) is 2.79. The van der Waals surface area contributed by atoms with Crippen LogP contribution in [0.4, 0.5) is 39.5 Å². The third-order valence-corrected chi connectivity index (χ3v) is 11.5. The van der Waals surface area contributed by atoms with Crippen LogP contribution in [0.1, 0.15) is 127 Å². The maximum absolute atomic E-state index is 13.8. The standard InChI is InChI=1S/C35H47F9O2/c1-22(11-9-19-32(36,37)33(38,39)34(40,41)35(42,43)44)10-7-5-3-4-6-8-12-24-21-31(2)28(17-18-29(31)46)27-15-13-23-20-25(45)14-16-26(23)30(24)27/h14,16,20,22,24,27-28,30,45H,3-13,15,17-19,21H2,1-2H3. The van der Waals surface area contributed by atoms with Crippen molar-refractivity contribution in [2.24, 2.45) is 29.1 Å². The Hall–Kier alpha value is -1.94. The van der Waals surface area contributed by atoms with E-state index in [1.54, 1.807) is 13.0 Å². The summed E-state index contributed by atoms with van der Waals surface area (Å²) in [5, 5.41) is 10.1. The van der Waals surface area contributed by atoms with Crippen LogP contribution in [0.25, 0.3) is 0 Å². The van der Waals surface area contributed by atoms with Crippen molar-refractivity contribution >= 4 is 5.78 Å². The fourth-order valence-corrected chi connectivity index (χ4v) is 8.91. The molecule has 1 N–H and O–H groups in total. The number of unbranched alkanes of at least 4 members (excludes halogenated alkanes) is 5. The Kier molecular flexibility index (Phi) is 11.1. The number of phenolic OH excluding ortho intramolecular Hbond substituents is 1. The van der Waals surface area contributed by atoms with E-state index in [0.29, 0.717) is 48.0 Å². The van der Waals surface area contributed by atoms with Crippen LogP contribution in [-0.4, -0.2) is 34.8 Å². The molecule has 6 atom stereocenters. The van der Waals surface area contributed by atoms with E-state index in [1.165, 1.54) is 11.1 Å². The van der Waals surface area contributed by atoms with Gasteiger partial charge in [0.25, 0.3) is 0 Å². The van der Waals surface area contributed by atoms with Crippen LogP contribution in [0.2, 0.25) is 0 Å². The Balaban J connectivity index is 1.17. The van der Waals surface area contributed by atoms with Crippen molar-refractivity contribution in [1.82, 2.24) is 0 Å². The van der Waals surface area contributed by atoms with E-state index in [4.69, 9.17) is 0 Å². The maximum atomic E-state index is 13.8. The molecule has 11 heteroatoms. The number of alkyl halides is 9. The number of carbonyl (C=O) groups excluding carboxylic acids is 1. The van der Waals surface area contributed by atoms with Gasteiger partial charge in [0.1, 0.15) is 11.5 Å². The molecule has 0 bridgehead atoms. The van der Waals surface area contributed by atoms with Gasteiger partial charge in [-0.25, -0.2) is 0 Å². The van der Waals surface area contributed by atoms with Gasteiger partial charge < -0.3 is 5.11 Å². The fraction of sp³-hybridized carbons (Fsp3) is 0.800. The molecule has 0 spiro atoms. The summed E-state index contributed by atoms with van der Waals surface area (Å²) in [5.74, 6) is -16.6. The van der Waals surface area contributed by atoms with Crippen molar-refractivity contribution in [2.45, 2.75) is 146 Å². The summed E-state index contributed by atoms with van der Waals surface area (Å²) in [6.45, 7) is 3.90. The van der Waals surface area contributed by atoms with Gasteiger partial charge in [-0.05, 0) is 91.4 Å². The van der Waals surface area contributed by atoms with Crippen molar-refractivity contribution in [3.63, 3.8) is 0 Å². The number of aromatic hydroxyl groups is 1. The van der Waals surface area contributed by atoms with E-state index >= 15 is 0 Å². The van der Waals surface area contributed by atoms with E-state index in [-0.39, 0.29) is 17.8 Å². The molecule has 3 aliphatic carbocycles. The molecule has 0 saturated heterocycles. The molecular formula is C35H47F9O2. The predicted octanol–water partition coefficient (Wildman–Crippen LogP) is 11.4. The lowest BCUT2D eigenvalue weighted by molar-refractivity contribution is -0.396. The average molecular weight is 671 g/mol. The Labute approximate surface area is 265 Å². The van der Waals surface area contributed by atoms with Crippen LogP contribution in [0.15, 0.2) is 18.2 Å². The number of ketones is 1. The fourth-order valence-electron chi connectivity index (χ4n) is 8.91. The number of halogens is 9. The van der Waals surface area contributed by atoms with Crippen molar-refractivity contribution in [3.8, 4) is 5.75 Å². The van der Waals surface area contributed by atoms with E-state index in [2.05, 4.69) is 13.0 Å². The summed E-state index contributed by atoms with van der Waals surface area (Å²) in [7, 11) is 0. The van der Waals surface area contributed by atoms with Crippen LogP contribution in [0, 0.1) is 29.1 Å². The number of phenols is 1. The lowest BCUT2D eigenvalue weighted by atomic mass is 9.51. The molecule has 3 aliphatic rings. The molecule has 262 valence electrons. The zero-order chi connectivity index (χ0) is 34.1. The third kappa shape index (κ3) is 7.23. The Morgan fingerprint density at radius 2 is 1.48 bits per heavy atom. The lowest BCUT2D eigenvalue weighted by Gasteiger charge is -2.52. The number of benzene rings is 1. The molecule has 0 amide bonds. The monoisotopic (exact) mass is 670 g/mol. The van der Waals surface area contributed by atoms with Crippen LogP contribution < -0.4 is 0 Å². The lowest BCUT2D eigenvalue weighted by Crippen LogP contribution is -2.60. The number of hydrogen-bond donors (Lipinski definition) is 1. The van der Waals surface area contributed by atoms with E-state index in [1.807, 2.05) is 6.07 Å². The molecule has 46 heavy (non-hydrogen) atoms. The first-order valence-electron chi connectivity index (χ1n) is 16.9.